The van der Waals surface area contributed by atoms with E-state index in [0.29, 0.717) is 0 Å². The minimum Gasteiger partial charge on any atom is -0.356 e. The second-order valence-electron chi connectivity index (χ2n) is 11.2. The normalized spacial score (nSPS) is 11.1. The SMILES string of the molecule is C=CC(=C)Nc1ccc(-c2ccc3c(c2)c2ccccc2n3-c2ccc(-c3cccc(-c4ccccc4)c3)cc2)cc1CC. The number of nitrogens with zero attached hydrogens (tertiary/aromatic N) is 1. The lowest BCUT2D eigenvalue weighted by atomic mass is 9.98. The highest BCUT2D eigenvalue weighted by Gasteiger charge is 2.14. The Labute approximate surface area is 259 Å². The predicted octanol–water partition coefficient (Wildman–Crippen LogP) is 11.5. The van der Waals surface area contributed by atoms with Gasteiger partial charge in [-0.1, -0.05) is 111 Å². The zero-order valence-electron chi connectivity index (χ0n) is 24.9. The van der Waals surface area contributed by atoms with Crippen LogP contribution in [0.4, 0.5) is 5.69 Å². The topological polar surface area (TPSA) is 17.0 Å². The maximum Gasteiger partial charge on any atom is 0.0541 e. The van der Waals surface area contributed by atoms with Gasteiger partial charge in [-0.3, -0.25) is 0 Å². The van der Waals surface area contributed by atoms with Crippen LogP contribution in [0.25, 0.3) is 60.9 Å². The molecule has 0 radical (unpaired) electrons. The van der Waals surface area contributed by atoms with Crippen LogP contribution in [0.5, 0.6) is 0 Å². The second-order valence-corrected chi connectivity index (χ2v) is 11.2. The summed E-state index contributed by atoms with van der Waals surface area (Å²) in [6, 6.07) is 50.4. The van der Waals surface area contributed by atoms with Crippen molar-refractivity contribution >= 4 is 27.5 Å². The van der Waals surface area contributed by atoms with Gasteiger partial charge in [-0.25, -0.2) is 0 Å². The van der Waals surface area contributed by atoms with Gasteiger partial charge in [0, 0.05) is 27.8 Å². The van der Waals surface area contributed by atoms with E-state index < -0.39 is 0 Å². The molecule has 2 heteroatoms. The van der Waals surface area contributed by atoms with Crippen molar-refractivity contribution in [2.45, 2.75) is 13.3 Å². The van der Waals surface area contributed by atoms with Crippen molar-refractivity contribution in [3.63, 3.8) is 0 Å². The fourth-order valence-electron chi connectivity index (χ4n) is 6.15. The van der Waals surface area contributed by atoms with E-state index in [1.807, 2.05) is 0 Å². The van der Waals surface area contributed by atoms with Gasteiger partial charge in [0.05, 0.1) is 11.0 Å². The summed E-state index contributed by atoms with van der Waals surface area (Å²) in [5.74, 6) is 0. The first-order valence-electron chi connectivity index (χ1n) is 15.1. The summed E-state index contributed by atoms with van der Waals surface area (Å²) in [7, 11) is 0. The van der Waals surface area contributed by atoms with Crippen LogP contribution < -0.4 is 5.32 Å². The Morgan fingerprint density at radius 3 is 1.93 bits per heavy atom. The first-order chi connectivity index (χ1) is 21.6. The smallest absolute Gasteiger partial charge is 0.0541 e. The van der Waals surface area contributed by atoms with Crippen molar-refractivity contribution in [1.82, 2.24) is 4.57 Å². The highest BCUT2D eigenvalue weighted by Crippen LogP contribution is 2.36. The summed E-state index contributed by atoms with van der Waals surface area (Å²) in [6.45, 7) is 10.0. The fourth-order valence-corrected chi connectivity index (χ4v) is 6.15. The van der Waals surface area contributed by atoms with Gasteiger partial charge in [0.25, 0.3) is 0 Å². The minimum atomic E-state index is 0.801. The van der Waals surface area contributed by atoms with Crippen LogP contribution in [0.3, 0.4) is 0 Å². The highest BCUT2D eigenvalue weighted by atomic mass is 15.0. The molecule has 1 heterocycles. The Kier molecular flexibility index (Phi) is 7.17. The van der Waals surface area contributed by atoms with Gasteiger partial charge in [0.1, 0.15) is 0 Å². The lowest BCUT2D eigenvalue weighted by molar-refractivity contribution is 1.14. The molecular formula is C42H34N2. The van der Waals surface area contributed by atoms with Crippen LogP contribution in [-0.4, -0.2) is 4.57 Å². The van der Waals surface area contributed by atoms with Crippen LogP contribution >= 0.6 is 0 Å². The van der Waals surface area contributed by atoms with E-state index in [4.69, 9.17) is 0 Å². The number of rotatable bonds is 8. The van der Waals surface area contributed by atoms with E-state index in [9.17, 15) is 0 Å². The molecular weight excluding hydrogens is 532 g/mol. The molecule has 1 aromatic heterocycles. The molecule has 1 N–H and O–H groups in total. The molecule has 0 aliphatic rings. The molecule has 2 nitrogen and oxygen atoms in total. The van der Waals surface area contributed by atoms with E-state index in [1.54, 1.807) is 6.08 Å². The van der Waals surface area contributed by atoms with Gasteiger partial charge in [0.2, 0.25) is 0 Å². The van der Waals surface area contributed by atoms with Gasteiger partial charge < -0.3 is 9.88 Å². The summed E-state index contributed by atoms with van der Waals surface area (Å²) in [5, 5.41) is 5.87. The number of para-hydroxylation sites is 1. The Morgan fingerprint density at radius 2 is 1.18 bits per heavy atom. The van der Waals surface area contributed by atoms with Crippen molar-refractivity contribution in [2.75, 3.05) is 5.32 Å². The Hall–Kier alpha value is -5.60. The Morgan fingerprint density at radius 1 is 0.591 bits per heavy atom. The van der Waals surface area contributed by atoms with E-state index in [1.165, 1.54) is 60.8 Å². The number of nitrogens with one attached hydrogen (secondary N) is 1. The Balaban J connectivity index is 1.27. The van der Waals surface area contributed by atoms with Gasteiger partial charge >= 0.3 is 0 Å². The molecule has 0 bridgehead atoms. The zero-order chi connectivity index (χ0) is 30.0. The molecule has 212 valence electrons. The van der Waals surface area contributed by atoms with Crippen LogP contribution in [0.2, 0.25) is 0 Å². The number of hydrogen-bond donors (Lipinski definition) is 1. The molecule has 0 amide bonds. The molecule has 0 aliphatic carbocycles. The second kappa shape index (κ2) is 11.6. The molecule has 0 saturated carbocycles. The molecule has 6 aromatic carbocycles. The van der Waals surface area contributed by atoms with E-state index in [2.05, 4.69) is 169 Å². The van der Waals surface area contributed by atoms with E-state index in [-0.39, 0.29) is 0 Å². The Bertz CT molecular complexity index is 2150. The fraction of sp³-hybridized carbons (Fsp3) is 0.0476. The maximum absolute atomic E-state index is 4.02. The van der Waals surface area contributed by atoms with Crippen molar-refractivity contribution in [1.29, 1.82) is 0 Å². The summed E-state index contributed by atoms with van der Waals surface area (Å²) >= 11 is 0. The average Bonchev–Trinajstić information content (AvgIpc) is 3.42. The number of benzene rings is 6. The third-order valence-electron chi connectivity index (χ3n) is 8.46. The molecule has 44 heavy (non-hydrogen) atoms. The lowest BCUT2D eigenvalue weighted by Crippen LogP contribution is -1.99. The van der Waals surface area contributed by atoms with E-state index in [0.717, 1.165) is 23.5 Å². The number of anilines is 1. The predicted molar refractivity (Wildman–Crippen MR) is 189 cm³/mol. The molecule has 0 saturated heterocycles. The monoisotopic (exact) mass is 566 g/mol. The van der Waals surface area contributed by atoms with Crippen LogP contribution in [0.15, 0.2) is 164 Å². The molecule has 0 aliphatic heterocycles. The molecule has 0 spiro atoms. The largest absolute Gasteiger partial charge is 0.356 e. The molecule has 0 fully saturated rings. The molecule has 7 rings (SSSR count). The first kappa shape index (κ1) is 27.2. The number of hydrogen-bond acceptors (Lipinski definition) is 1. The van der Waals surface area contributed by atoms with E-state index >= 15 is 0 Å². The molecule has 0 unspecified atom stereocenters. The van der Waals surface area contributed by atoms with Crippen molar-refractivity contribution in [3.05, 3.63) is 170 Å². The van der Waals surface area contributed by atoms with Crippen LogP contribution in [0.1, 0.15) is 12.5 Å². The summed E-state index contributed by atoms with van der Waals surface area (Å²) in [5.41, 5.74) is 14.0. The molecule has 7 aromatic rings. The average molecular weight is 567 g/mol. The number of fused-ring (bicyclic) bond motifs is 3. The third-order valence-corrected chi connectivity index (χ3v) is 8.46. The van der Waals surface area contributed by atoms with Crippen LogP contribution in [-0.2, 0) is 6.42 Å². The van der Waals surface area contributed by atoms with Gasteiger partial charge in [-0.15, -0.1) is 0 Å². The highest BCUT2D eigenvalue weighted by molar-refractivity contribution is 6.10. The quantitative estimate of drug-likeness (QED) is 0.181. The molecule has 0 atom stereocenters. The maximum atomic E-state index is 4.02. The van der Waals surface area contributed by atoms with Gasteiger partial charge in [0.15, 0.2) is 0 Å². The summed E-state index contributed by atoms with van der Waals surface area (Å²) in [6.07, 6.45) is 2.67. The zero-order valence-corrected chi connectivity index (χ0v) is 24.9. The standard InChI is InChI=1S/C42H34N2/c1-4-29(3)43-40-24-20-35(26-30(40)5-2)36-21-25-42-39(28-36)38-16-9-10-17-41(38)44(42)37-22-18-32(19-23-37)34-15-11-14-33(27-34)31-12-7-6-8-13-31/h4,6-28,43H,1,3,5H2,2H3. The summed E-state index contributed by atoms with van der Waals surface area (Å²) in [4.78, 5) is 0. The third kappa shape index (κ3) is 5.01. The summed E-state index contributed by atoms with van der Waals surface area (Å²) < 4.78 is 2.38. The number of allylic oxidation sites excluding steroid dienone is 1. The van der Waals surface area contributed by atoms with Crippen molar-refractivity contribution < 1.29 is 0 Å². The van der Waals surface area contributed by atoms with Crippen molar-refractivity contribution in [3.8, 4) is 39.1 Å². The lowest BCUT2D eigenvalue weighted by Gasteiger charge is -2.13. The van der Waals surface area contributed by atoms with Crippen molar-refractivity contribution in [2.24, 2.45) is 0 Å². The van der Waals surface area contributed by atoms with Gasteiger partial charge in [-0.05, 0) is 100.0 Å². The van der Waals surface area contributed by atoms with Gasteiger partial charge in [-0.2, -0.15) is 0 Å². The van der Waals surface area contributed by atoms with Crippen LogP contribution in [0, 0.1) is 0 Å². The number of aromatic nitrogens is 1. The first-order valence-corrected chi connectivity index (χ1v) is 15.1. The number of aryl methyl sites for hydroxylation is 1. The minimum absolute atomic E-state index is 0.801.